The standard InChI is InChI=1S/C13H21Cl2N3/c1-3-10-12(15)11(18(2)17-10)8-16-13(9-14)6-4-5-7-13/h16H,3-9H2,1-2H3. The lowest BCUT2D eigenvalue weighted by atomic mass is 10.0. The number of aryl methyl sites for hydroxylation is 2. The normalized spacial score (nSPS) is 18.4. The first-order chi connectivity index (χ1) is 8.62. The van der Waals surface area contributed by atoms with Crippen molar-refractivity contribution in [1.29, 1.82) is 0 Å². The molecule has 1 fully saturated rings. The molecule has 3 nitrogen and oxygen atoms in total. The molecule has 1 saturated carbocycles. The van der Waals surface area contributed by atoms with E-state index in [1.807, 2.05) is 11.7 Å². The van der Waals surface area contributed by atoms with E-state index in [2.05, 4.69) is 17.3 Å². The van der Waals surface area contributed by atoms with Crippen LogP contribution in [0.4, 0.5) is 0 Å². The van der Waals surface area contributed by atoms with Crippen molar-refractivity contribution in [3.63, 3.8) is 0 Å². The zero-order chi connectivity index (χ0) is 13.2. The molecular weight excluding hydrogens is 269 g/mol. The van der Waals surface area contributed by atoms with Gasteiger partial charge in [0, 0.05) is 25.0 Å². The maximum atomic E-state index is 6.35. The van der Waals surface area contributed by atoms with Gasteiger partial charge in [-0.15, -0.1) is 11.6 Å². The van der Waals surface area contributed by atoms with Gasteiger partial charge in [0.05, 0.1) is 16.4 Å². The number of hydrogen-bond acceptors (Lipinski definition) is 2. The van der Waals surface area contributed by atoms with Crippen LogP contribution in [-0.2, 0) is 20.0 Å². The first-order valence-electron chi connectivity index (χ1n) is 6.63. The van der Waals surface area contributed by atoms with Gasteiger partial charge in [-0.05, 0) is 19.3 Å². The second-order valence-electron chi connectivity index (χ2n) is 5.16. The van der Waals surface area contributed by atoms with Crippen LogP contribution in [0.3, 0.4) is 0 Å². The summed E-state index contributed by atoms with van der Waals surface area (Å²) in [6, 6.07) is 0. The van der Waals surface area contributed by atoms with E-state index >= 15 is 0 Å². The molecule has 0 aliphatic heterocycles. The molecule has 18 heavy (non-hydrogen) atoms. The van der Waals surface area contributed by atoms with E-state index in [9.17, 15) is 0 Å². The molecule has 0 atom stereocenters. The van der Waals surface area contributed by atoms with Gasteiger partial charge in [0.2, 0.25) is 0 Å². The molecule has 0 spiro atoms. The van der Waals surface area contributed by atoms with Gasteiger partial charge < -0.3 is 5.32 Å². The predicted octanol–water partition coefficient (Wildman–Crippen LogP) is 3.28. The molecule has 1 aliphatic carbocycles. The molecule has 0 amide bonds. The van der Waals surface area contributed by atoms with Crippen LogP contribution in [0, 0.1) is 0 Å². The Morgan fingerprint density at radius 1 is 1.39 bits per heavy atom. The smallest absolute Gasteiger partial charge is 0.0863 e. The first-order valence-corrected chi connectivity index (χ1v) is 7.54. The third-order valence-corrected chi connectivity index (χ3v) is 4.90. The number of nitrogens with one attached hydrogen (secondary N) is 1. The second kappa shape index (κ2) is 5.81. The van der Waals surface area contributed by atoms with Gasteiger partial charge in [0.15, 0.2) is 0 Å². The zero-order valence-electron chi connectivity index (χ0n) is 11.1. The number of rotatable bonds is 5. The average molecular weight is 290 g/mol. The van der Waals surface area contributed by atoms with E-state index < -0.39 is 0 Å². The van der Waals surface area contributed by atoms with Crippen molar-refractivity contribution in [2.24, 2.45) is 7.05 Å². The van der Waals surface area contributed by atoms with E-state index in [1.54, 1.807) is 0 Å². The van der Waals surface area contributed by atoms with Crippen molar-refractivity contribution < 1.29 is 0 Å². The van der Waals surface area contributed by atoms with Gasteiger partial charge in [-0.25, -0.2) is 0 Å². The van der Waals surface area contributed by atoms with E-state index in [-0.39, 0.29) is 5.54 Å². The summed E-state index contributed by atoms with van der Waals surface area (Å²) in [5.74, 6) is 0.670. The molecule has 5 heteroatoms. The Kier molecular flexibility index (Phi) is 4.57. The number of halogens is 2. The summed E-state index contributed by atoms with van der Waals surface area (Å²) in [6.45, 7) is 2.82. The topological polar surface area (TPSA) is 29.9 Å². The second-order valence-corrected chi connectivity index (χ2v) is 5.80. The molecule has 0 bridgehead atoms. The fourth-order valence-corrected chi connectivity index (χ4v) is 3.41. The average Bonchev–Trinajstić information content (AvgIpc) is 2.94. The number of aromatic nitrogens is 2. The lowest BCUT2D eigenvalue weighted by Gasteiger charge is -2.28. The monoisotopic (exact) mass is 289 g/mol. The minimum atomic E-state index is 0.0987. The van der Waals surface area contributed by atoms with E-state index in [0.29, 0.717) is 5.88 Å². The van der Waals surface area contributed by atoms with Crippen molar-refractivity contribution in [1.82, 2.24) is 15.1 Å². The minimum Gasteiger partial charge on any atom is -0.304 e. The van der Waals surface area contributed by atoms with Gasteiger partial charge in [-0.1, -0.05) is 31.4 Å². The summed E-state index contributed by atoms with van der Waals surface area (Å²) in [7, 11) is 1.95. The van der Waals surface area contributed by atoms with Gasteiger partial charge in [-0.2, -0.15) is 5.10 Å². The molecule has 0 radical (unpaired) electrons. The lowest BCUT2D eigenvalue weighted by Crippen LogP contribution is -2.44. The summed E-state index contributed by atoms with van der Waals surface area (Å²) in [4.78, 5) is 0. The molecule has 102 valence electrons. The Balaban J connectivity index is 2.08. The van der Waals surface area contributed by atoms with Crippen LogP contribution in [-0.4, -0.2) is 21.2 Å². The van der Waals surface area contributed by atoms with Gasteiger partial charge in [0.1, 0.15) is 0 Å². The zero-order valence-corrected chi connectivity index (χ0v) is 12.6. The van der Waals surface area contributed by atoms with Crippen molar-refractivity contribution in [2.75, 3.05) is 5.88 Å². The molecule has 1 aromatic rings. The number of nitrogens with zero attached hydrogens (tertiary/aromatic N) is 2. The Morgan fingerprint density at radius 3 is 2.56 bits per heavy atom. The molecule has 2 rings (SSSR count). The highest BCUT2D eigenvalue weighted by molar-refractivity contribution is 6.31. The van der Waals surface area contributed by atoms with Crippen LogP contribution in [0.2, 0.25) is 5.02 Å². The van der Waals surface area contributed by atoms with Crippen LogP contribution < -0.4 is 5.32 Å². The van der Waals surface area contributed by atoms with Crippen molar-refractivity contribution in [3.05, 3.63) is 16.4 Å². The molecule has 1 N–H and O–H groups in total. The summed E-state index contributed by atoms with van der Waals surface area (Å²) >= 11 is 12.5. The van der Waals surface area contributed by atoms with Crippen LogP contribution in [0.1, 0.15) is 44.0 Å². The van der Waals surface area contributed by atoms with E-state index in [0.717, 1.165) is 42.2 Å². The summed E-state index contributed by atoms with van der Waals surface area (Å²) in [5.41, 5.74) is 2.13. The SMILES string of the molecule is CCc1nn(C)c(CNC2(CCl)CCCC2)c1Cl. The van der Waals surface area contributed by atoms with Crippen LogP contribution in [0.5, 0.6) is 0 Å². The predicted molar refractivity (Wildman–Crippen MR) is 76.4 cm³/mol. The molecule has 0 unspecified atom stereocenters. The molecular formula is C13H21Cl2N3. The van der Waals surface area contributed by atoms with Crippen LogP contribution in [0.25, 0.3) is 0 Å². The van der Waals surface area contributed by atoms with Crippen molar-refractivity contribution >= 4 is 23.2 Å². The Hall–Kier alpha value is -0.250. The van der Waals surface area contributed by atoms with Crippen LogP contribution in [0.15, 0.2) is 0 Å². The van der Waals surface area contributed by atoms with E-state index in [1.165, 1.54) is 12.8 Å². The maximum absolute atomic E-state index is 6.35. The van der Waals surface area contributed by atoms with Gasteiger partial charge >= 0.3 is 0 Å². The lowest BCUT2D eigenvalue weighted by molar-refractivity contribution is 0.362. The quantitative estimate of drug-likeness (QED) is 0.843. The highest BCUT2D eigenvalue weighted by atomic mass is 35.5. The van der Waals surface area contributed by atoms with Gasteiger partial charge in [-0.3, -0.25) is 4.68 Å². The van der Waals surface area contributed by atoms with Crippen molar-refractivity contribution in [3.8, 4) is 0 Å². The summed E-state index contributed by atoms with van der Waals surface area (Å²) in [5, 5.41) is 8.84. The van der Waals surface area contributed by atoms with Crippen LogP contribution >= 0.6 is 23.2 Å². The molecule has 0 aromatic carbocycles. The highest BCUT2D eigenvalue weighted by Crippen LogP contribution is 2.31. The van der Waals surface area contributed by atoms with E-state index in [4.69, 9.17) is 23.2 Å². The Morgan fingerprint density at radius 2 is 2.06 bits per heavy atom. The third kappa shape index (κ3) is 2.68. The fraction of sp³-hybridized carbons (Fsp3) is 0.769. The largest absolute Gasteiger partial charge is 0.304 e. The molecule has 1 aromatic heterocycles. The highest BCUT2D eigenvalue weighted by Gasteiger charge is 2.32. The third-order valence-electron chi connectivity index (χ3n) is 3.95. The molecule has 1 heterocycles. The van der Waals surface area contributed by atoms with Crippen molar-refractivity contribution in [2.45, 2.75) is 51.1 Å². The summed E-state index contributed by atoms with van der Waals surface area (Å²) < 4.78 is 1.88. The number of alkyl halides is 1. The van der Waals surface area contributed by atoms with Gasteiger partial charge in [0.25, 0.3) is 0 Å². The maximum Gasteiger partial charge on any atom is 0.0863 e. The fourth-order valence-electron chi connectivity index (χ4n) is 2.69. The summed E-state index contributed by atoms with van der Waals surface area (Å²) in [6.07, 6.45) is 5.71. The molecule has 0 saturated heterocycles. The number of hydrogen-bond donors (Lipinski definition) is 1. The Labute approximate surface area is 119 Å². The first kappa shape index (κ1) is 14.2. The Bertz CT molecular complexity index is 409. The minimum absolute atomic E-state index is 0.0987. The molecule has 1 aliphatic rings.